The number of benzene rings is 2. The fraction of sp³-hybridized carbons (Fsp3) is 0.316. The second-order valence-electron chi connectivity index (χ2n) is 5.90. The predicted octanol–water partition coefficient (Wildman–Crippen LogP) is 3.85. The van der Waals surface area contributed by atoms with Crippen molar-refractivity contribution in [2.24, 2.45) is 0 Å². The molecule has 0 saturated heterocycles. The molecule has 6 heteroatoms. The van der Waals surface area contributed by atoms with E-state index in [-0.39, 0.29) is 12.5 Å². The summed E-state index contributed by atoms with van der Waals surface area (Å²) >= 11 is 0. The van der Waals surface area contributed by atoms with Gasteiger partial charge in [0.15, 0.2) is 0 Å². The molecular weight excluding hydrogens is 329 g/mol. The van der Waals surface area contributed by atoms with Gasteiger partial charge < -0.3 is 5.32 Å². The van der Waals surface area contributed by atoms with E-state index >= 15 is 0 Å². The van der Waals surface area contributed by atoms with Crippen LogP contribution in [0.4, 0.5) is 13.2 Å². The van der Waals surface area contributed by atoms with E-state index in [1.54, 1.807) is 6.08 Å². The van der Waals surface area contributed by atoms with Gasteiger partial charge in [0, 0.05) is 12.6 Å². The number of fused-ring (bicyclic) bond motifs is 1. The summed E-state index contributed by atoms with van der Waals surface area (Å²) in [5.74, 6) is -0.258. The van der Waals surface area contributed by atoms with Crippen LogP contribution >= 0.6 is 0 Å². The molecule has 3 nitrogen and oxygen atoms in total. The van der Waals surface area contributed by atoms with E-state index in [9.17, 15) is 18.0 Å². The van der Waals surface area contributed by atoms with Crippen molar-refractivity contribution in [1.82, 2.24) is 10.2 Å². The largest absolute Gasteiger partial charge is 0.401 e. The Morgan fingerprint density at radius 3 is 2.64 bits per heavy atom. The van der Waals surface area contributed by atoms with Crippen LogP contribution in [0.5, 0.6) is 0 Å². The second kappa shape index (κ2) is 8.67. The van der Waals surface area contributed by atoms with Gasteiger partial charge in [0.05, 0.1) is 6.54 Å². The number of nitrogens with one attached hydrogen (secondary N) is 1. The summed E-state index contributed by atoms with van der Waals surface area (Å²) in [6, 6.07) is 13.8. The lowest BCUT2D eigenvalue weighted by molar-refractivity contribution is -0.143. The van der Waals surface area contributed by atoms with Crippen LogP contribution in [-0.4, -0.2) is 43.7 Å². The first-order valence-corrected chi connectivity index (χ1v) is 8.04. The molecule has 1 N–H and O–H groups in total. The van der Waals surface area contributed by atoms with Crippen LogP contribution in [0.3, 0.4) is 0 Å². The molecule has 0 fully saturated rings. The summed E-state index contributed by atoms with van der Waals surface area (Å²) in [6.45, 7) is -0.338. The number of nitrogens with zero attached hydrogens (tertiary/aromatic N) is 1. The Bertz CT molecular complexity index is 736. The first kappa shape index (κ1) is 19.0. The Balaban J connectivity index is 1.79. The van der Waals surface area contributed by atoms with Gasteiger partial charge in [0.25, 0.3) is 0 Å². The van der Waals surface area contributed by atoms with Crippen molar-refractivity contribution in [2.75, 3.05) is 26.7 Å². The van der Waals surface area contributed by atoms with Gasteiger partial charge in [-0.2, -0.15) is 13.2 Å². The van der Waals surface area contributed by atoms with Crippen molar-refractivity contribution in [3.8, 4) is 0 Å². The van der Waals surface area contributed by atoms with Gasteiger partial charge in [0.1, 0.15) is 0 Å². The number of hydrogen-bond acceptors (Lipinski definition) is 2. The van der Waals surface area contributed by atoms with E-state index in [2.05, 4.69) is 5.32 Å². The highest BCUT2D eigenvalue weighted by molar-refractivity contribution is 5.96. The Morgan fingerprint density at radius 1 is 1.16 bits per heavy atom. The SMILES string of the molecule is CN(CCCNC(=O)/C=C/c1cccc2ccccc12)CC(F)(F)F. The minimum atomic E-state index is -4.20. The molecule has 0 atom stereocenters. The second-order valence-corrected chi connectivity index (χ2v) is 5.90. The zero-order valence-corrected chi connectivity index (χ0v) is 14.0. The average molecular weight is 350 g/mol. The molecule has 0 aliphatic rings. The maximum atomic E-state index is 12.2. The summed E-state index contributed by atoms with van der Waals surface area (Å²) in [5, 5.41) is 4.84. The van der Waals surface area contributed by atoms with Crippen LogP contribution in [0.15, 0.2) is 48.5 Å². The lowest BCUT2D eigenvalue weighted by atomic mass is 10.0. The third-order valence-electron chi connectivity index (χ3n) is 3.70. The van der Waals surface area contributed by atoms with Crippen molar-refractivity contribution in [3.05, 3.63) is 54.1 Å². The smallest absolute Gasteiger partial charge is 0.353 e. The van der Waals surface area contributed by atoms with Gasteiger partial charge >= 0.3 is 6.18 Å². The van der Waals surface area contributed by atoms with Crippen LogP contribution in [0, 0.1) is 0 Å². The molecule has 0 radical (unpaired) electrons. The quantitative estimate of drug-likeness (QED) is 0.608. The van der Waals surface area contributed by atoms with Gasteiger partial charge in [-0.05, 0) is 42.4 Å². The molecule has 0 aliphatic heterocycles. The van der Waals surface area contributed by atoms with Gasteiger partial charge in [-0.1, -0.05) is 42.5 Å². The molecule has 25 heavy (non-hydrogen) atoms. The highest BCUT2D eigenvalue weighted by Gasteiger charge is 2.28. The maximum absolute atomic E-state index is 12.2. The number of carbonyl (C=O) groups excluding carboxylic acids is 1. The first-order chi connectivity index (χ1) is 11.8. The van der Waals surface area contributed by atoms with Gasteiger partial charge in [0.2, 0.25) is 5.91 Å². The molecule has 0 bridgehead atoms. The molecule has 2 rings (SSSR count). The highest BCUT2D eigenvalue weighted by Crippen LogP contribution is 2.19. The standard InChI is InChI=1S/C19H21F3N2O/c1-24(14-19(20,21)22)13-5-12-23-18(25)11-10-16-8-4-7-15-6-2-3-9-17(15)16/h2-4,6-11H,5,12-14H2,1H3,(H,23,25)/b11-10+. The van der Waals surface area contributed by atoms with E-state index in [0.29, 0.717) is 13.0 Å². The normalized spacial score (nSPS) is 12.2. The van der Waals surface area contributed by atoms with Gasteiger partial charge in [-0.15, -0.1) is 0 Å². The average Bonchev–Trinajstić information content (AvgIpc) is 2.55. The van der Waals surface area contributed by atoms with E-state index < -0.39 is 12.7 Å². The Labute approximate surface area is 145 Å². The van der Waals surface area contributed by atoms with Crippen molar-refractivity contribution in [1.29, 1.82) is 0 Å². The number of amides is 1. The lowest BCUT2D eigenvalue weighted by Crippen LogP contribution is -2.33. The van der Waals surface area contributed by atoms with Crippen LogP contribution < -0.4 is 5.32 Å². The highest BCUT2D eigenvalue weighted by atomic mass is 19.4. The monoisotopic (exact) mass is 350 g/mol. The molecule has 134 valence electrons. The van der Waals surface area contributed by atoms with Crippen molar-refractivity contribution >= 4 is 22.8 Å². The van der Waals surface area contributed by atoms with E-state index in [4.69, 9.17) is 0 Å². The van der Waals surface area contributed by atoms with Crippen molar-refractivity contribution < 1.29 is 18.0 Å². The fourth-order valence-corrected chi connectivity index (χ4v) is 2.57. The Kier molecular flexibility index (Phi) is 6.58. The molecule has 1 amide bonds. The van der Waals surface area contributed by atoms with Crippen LogP contribution in [0.25, 0.3) is 16.8 Å². The molecule has 0 heterocycles. The topological polar surface area (TPSA) is 32.3 Å². The van der Waals surface area contributed by atoms with Crippen LogP contribution in [0.1, 0.15) is 12.0 Å². The summed E-state index contributed by atoms with van der Waals surface area (Å²) in [7, 11) is 1.41. The summed E-state index contributed by atoms with van der Waals surface area (Å²) in [6.07, 6.45) is -0.547. The fourth-order valence-electron chi connectivity index (χ4n) is 2.57. The third-order valence-corrected chi connectivity index (χ3v) is 3.70. The molecular formula is C19H21F3N2O. The molecule has 2 aromatic rings. The minimum Gasteiger partial charge on any atom is -0.353 e. The Morgan fingerprint density at radius 2 is 1.88 bits per heavy atom. The third kappa shape index (κ3) is 6.58. The minimum absolute atomic E-state index is 0.258. The first-order valence-electron chi connectivity index (χ1n) is 8.04. The van der Waals surface area contributed by atoms with E-state index in [1.807, 2.05) is 42.5 Å². The van der Waals surface area contributed by atoms with Crippen LogP contribution in [-0.2, 0) is 4.79 Å². The van der Waals surface area contributed by atoms with E-state index in [1.165, 1.54) is 18.0 Å². The number of rotatable bonds is 7. The van der Waals surface area contributed by atoms with Gasteiger partial charge in [-0.3, -0.25) is 9.69 Å². The van der Waals surface area contributed by atoms with Gasteiger partial charge in [-0.25, -0.2) is 0 Å². The van der Waals surface area contributed by atoms with Crippen molar-refractivity contribution in [3.63, 3.8) is 0 Å². The number of hydrogen-bond donors (Lipinski definition) is 1. The maximum Gasteiger partial charge on any atom is 0.401 e. The summed E-state index contributed by atoms with van der Waals surface area (Å²) < 4.78 is 36.6. The molecule has 0 aliphatic carbocycles. The molecule has 0 aromatic heterocycles. The molecule has 0 spiro atoms. The Hall–Kier alpha value is -2.34. The molecule has 2 aromatic carbocycles. The number of halogens is 3. The summed E-state index contributed by atoms with van der Waals surface area (Å²) in [5.41, 5.74) is 0.943. The zero-order chi connectivity index (χ0) is 18.3. The zero-order valence-electron chi connectivity index (χ0n) is 14.0. The number of alkyl halides is 3. The molecule has 0 saturated carbocycles. The van der Waals surface area contributed by atoms with Crippen LogP contribution in [0.2, 0.25) is 0 Å². The predicted molar refractivity (Wildman–Crippen MR) is 94.2 cm³/mol. The summed E-state index contributed by atoms with van der Waals surface area (Å²) in [4.78, 5) is 13.0. The number of carbonyl (C=O) groups is 1. The van der Waals surface area contributed by atoms with Crippen molar-refractivity contribution in [2.45, 2.75) is 12.6 Å². The molecule has 0 unspecified atom stereocenters. The van der Waals surface area contributed by atoms with E-state index in [0.717, 1.165) is 16.3 Å². The lowest BCUT2D eigenvalue weighted by Gasteiger charge is -2.18.